The molecule has 0 aliphatic carbocycles. The van der Waals surface area contributed by atoms with E-state index in [-0.39, 0.29) is 11.9 Å². The van der Waals surface area contributed by atoms with Crippen LogP contribution in [0.2, 0.25) is 0 Å². The Morgan fingerprint density at radius 3 is 2.87 bits per heavy atom. The highest BCUT2D eigenvalue weighted by atomic mass is 19.1. The molecule has 15 heavy (non-hydrogen) atoms. The number of likely N-dealkylation sites (tertiary alicyclic amines) is 1. The number of likely N-dealkylation sites (N-methyl/N-ethyl adjacent to an activating group) is 1. The minimum atomic E-state index is -0.502. The first-order valence-electron chi connectivity index (χ1n) is 4.94. The molecule has 0 radical (unpaired) electrons. The lowest BCUT2D eigenvalue weighted by molar-refractivity contribution is 0.0735. The van der Waals surface area contributed by atoms with Gasteiger partial charge in [-0.3, -0.25) is 4.90 Å². The van der Waals surface area contributed by atoms with Crippen LogP contribution in [0.3, 0.4) is 0 Å². The molecule has 1 aromatic carbocycles. The number of β-amino-alcohol motifs (C(OH)–C–C–N with tert-alkyl or cyclic N) is 1. The Balaban J connectivity index is 2.03. The van der Waals surface area contributed by atoms with Crippen molar-refractivity contribution in [1.29, 1.82) is 0 Å². The van der Waals surface area contributed by atoms with Crippen molar-refractivity contribution in [2.24, 2.45) is 0 Å². The number of nitrogens with zero attached hydrogens (tertiary/aromatic N) is 1. The van der Waals surface area contributed by atoms with Crippen molar-refractivity contribution in [3.05, 3.63) is 30.1 Å². The minimum absolute atomic E-state index is 0.267. The Morgan fingerprint density at radius 1 is 1.47 bits per heavy atom. The van der Waals surface area contributed by atoms with Gasteiger partial charge in [-0.1, -0.05) is 6.07 Å². The molecule has 1 N–H and O–H groups in total. The highest BCUT2D eigenvalue weighted by Gasteiger charge is 2.30. The smallest absolute Gasteiger partial charge is 0.138 e. The molecule has 0 saturated carbocycles. The van der Waals surface area contributed by atoms with Gasteiger partial charge in [0.2, 0.25) is 0 Å². The molecule has 0 amide bonds. The summed E-state index contributed by atoms with van der Waals surface area (Å²) in [6.45, 7) is 1.26. The molecule has 0 bridgehead atoms. The first kappa shape index (κ1) is 10.4. The topological polar surface area (TPSA) is 32.7 Å². The molecule has 3 nitrogen and oxygen atoms in total. The van der Waals surface area contributed by atoms with Crippen molar-refractivity contribution in [3.8, 4) is 5.75 Å². The summed E-state index contributed by atoms with van der Waals surface area (Å²) < 4.78 is 18.4. The predicted octanol–water partition coefficient (Wildman–Crippen LogP) is 0.879. The van der Waals surface area contributed by atoms with Gasteiger partial charge in [0.25, 0.3) is 0 Å². The molecule has 2 atom stereocenters. The van der Waals surface area contributed by atoms with Crippen molar-refractivity contribution in [3.63, 3.8) is 0 Å². The molecule has 0 aromatic heterocycles. The average molecular weight is 211 g/mol. The van der Waals surface area contributed by atoms with Gasteiger partial charge in [-0.05, 0) is 19.2 Å². The summed E-state index contributed by atoms with van der Waals surface area (Å²) in [6, 6.07) is 5.97. The number of benzene rings is 1. The number of rotatable bonds is 2. The zero-order valence-electron chi connectivity index (χ0n) is 8.56. The van der Waals surface area contributed by atoms with E-state index in [1.807, 2.05) is 11.9 Å². The monoisotopic (exact) mass is 211 g/mol. The molecule has 1 fully saturated rings. The molecule has 1 heterocycles. The lowest BCUT2D eigenvalue weighted by Crippen LogP contribution is -2.29. The summed E-state index contributed by atoms with van der Waals surface area (Å²) in [5.74, 6) is 0.141. The SMILES string of the molecule is CN1C[C@@H](O)[C@H](Oc2cccc(F)c2)C1. The number of halogens is 1. The first-order valence-corrected chi connectivity index (χ1v) is 4.94. The van der Waals surface area contributed by atoms with Crippen LogP contribution in [-0.2, 0) is 0 Å². The van der Waals surface area contributed by atoms with Crippen LogP contribution in [0.5, 0.6) is 5.75 Å². The van der Waals surface area contributed by atoms with Crippen LogP contribution in [0.25, 0.3) is 0 Å². The van der Waals surface area contributed by atoms with Gasteiger partial charge in [0.05, 0.1) is 0 Å². The van der Waals surface area contributed by atoms with Gasteiger partial charge in [-0.15, -0.1) is 0 Å². The summed E-state index contributed by atoms with van der Waals surface area (Å²) in [5, 5.41) is 9.63. The maximum atomic E-state index is 12.9. The average Bonchev–Trinajstić information content (AvgIpc) is 2.45. The van der Waals surface area contributed by atoms with Crippen molar-refractivity contribution < 1.29 is 14.2 Å². The van der Waals surface area contributed by atoms with Crippen molar-refractivity contribution >= 4 is 0 Å². The Kier molecular flexibility index (Phi) is 2.88. The zero-order chi connectivity index (χ0) is 10.8. The van der Waals surface area contributed by atoms with Gasteiger partial charge in [-0.25, -0.2) is 4.39 Å². The quantitative estimate of drug-likeness (QED) is 0.788. The Morgan fingerprint density at radius 2 is 2.27 bits per heavy atom. The Hall–Kier alpha value is -1.13. The Labute approximate surface area is 88.1 Å². The molecule has 0 unspecified atom stereocenters. The summed E-state index contributed by atoms with van der Waals surface area (Å²) in [5.41, 5.74) is 0. The zero-order valence-corrected chi connectivity index (χ0v) is 8.56. The molecule has 1 aliphatic heterocycles. The van der Waals surface area contributed by atoms with Crippen LogP contribution >= 0.6 is 0 Å². The summed E-state index contributed by atoms with van der Waals surface area (Å²) in [7, 11) is 1.91. The molecule has 1 aromatic rings. The maximum absolute atomic E-state index is 12.9. The second-order valence-electron chi connectivity index (χ2n) is 3.90. The molecule has 2 rings (SSSR count). The van der Waals surface area contributed by atoms with Crippen molar-refractivity contribution in [1.82, 2.24) is 4.90 Å². The summed E-state index contributed by atoms with van der Waals surface area (Å²) in [6.07, 6.45) is -0.768. The van der Waals surface area contributed by atoms with Crippen molar-refractivity contribution in [2.45, 2.75) is 12.2 Å². The molecular weight excluding hydrogens is 197 g/mol. The molecular formula is C11H14FNO2. The third-order valence-electron chi connectivity index (χ3n) is 2.50. The van der Waals surface area contributed by atoms with E-state index in [9.17, 15) is 9.50 Å². The minimum Gasteiger partial charge on any atom is -0.486 e. The fourth-order valence-electron chi connectivity index (χ4n) is 1.77. The number of aliphatic hydroxyl groups is 1. The predicted molar refractivity (Wildman–Crippen MR) is 54.3 cm³/mol. The van der Waals surface area contributed by atoms with E-state index in [0.29, 0.717) is 18.8 Å². The highest BCUT2D eigenvalue weighted by Crippen LogP contribution is 2.18. The highest BCUT2D eigenvalue weighted by molar-refractivity contribution is 5.23. The molecule has 1 saturated heterocycles. The van der Waals surface area contributed by atoms with Crippen LogP contribution in [0.4, 0.5) is 4.39 Å². The largest absolute Gasteiger partial charge is 0.486 e. The third-order valence-corrected chi connectivity index (χ3v) is 2.50. The van der Waals surface area contributed by atoms with Crippen LogP contribution in [0, 0.1) is 5.82 Å². The normalized spacial score (nSPS) is 26.9. The van der Waals surface area contributed by atoms with Gasteiger partial charge in [0, 0.05) is 19.2 Å². The van der Waals surface area contributed by atoms with E-state index < -0.39 is 6.10 Å². The summed E-state index contributed by atoms with van der Waals surface area (Å²) >= 11 is 0. The second-order valence-corrected chi connectivity index (χ2v) is 3.90. The van der Waals surface area contributed by atoms with Crippen LogP contribution in [0.15, 0.2) is 24.3 Å². The van der Waals surface area contributed by atoms with Crippen molar-refractivity contribution in [2.75, 3.05) is 20.1 Å². The maximum Gasteiger partial charge on any atom is 0.138 e. The Bertz CT molecular complexity index is 345. The van der Waals surface area contributed by atoms with E-state index in [1.165, 1.54) is 12.1 Å². The lowest BCUT2D eigenvalue weighted by Gasteiger charge is -2.16. The van der Waals surface area contributed by atoms with Gasteiger partial charge in [-0.2, -0.15) is 0 Å². The standard InChI is InChI=1S/C11H14FNO2/c1-13-6-10(14)11(7-13)15-9-4-2-3-8(12)5-9/h2-5,10-11,14H,6-7H2,1H3/t10-,11-/m1/s1. The number of hydrogen-bond acceptors (Lipinski definition) is 3. The van der Waals surface area contributed by atoms with Crippen LogP contribution in [0.1, 0.15) is 0 Å². The molecule has 0 spiro atoms. The second kappa shape index (κ2) is 4.16. The lowest BCUT2D eigenvalue weighted by atomic mass is 10.2. The van der Waals surface area contributed by atoms with E-state index >= 15 is 0 Å². The van der Waals surface area contributed by atoms with E-state index in [0.717, 1.165) is 0 Å². The molecule has 1 aliphatic rings. The number of hydrogen-bond donors (Lipinski definition) is 1. The van der Waals surface area contributed by atoms with E-state index in [1.54, 1.807) is 12.1 Å². The molecule has 82 valence electrons. The van der Waals surface area contributed by atoms with Gasteiger partial charge in [0.15, 0.2) is 0 Å². The van der Waals surface area contributed by atoms with Gasteiger partial charge >= 0.3 is 0 Å². The van der Waals surface area contributed by atoms with Crippen LogP contribution < -0.4 is 4.74 Å². The van der Waals surface area contributed by atoms with Gasteiger partial charge in [0.1, 0.15) is 23.8 Å². The number of aliphatic hydroxyl groups excluding tert-OH is 1. The van der Waals surface area contributed by atoms with E-state index in [2.05, 4.69) is 0 Å². The first-order chi connectivity index (χ1) is 7.15. The fraction of sp³-hybridized carbons (Fsp3) is 0.455. The fourth-order valence-corrected chi connectivity index (χ4v) is 1.77. The molecule has 4 heteroatoms. The summed E-state index contributed by atoms with van der Waals surface area (Å²) in [4.78, 5) is 1.98. The van der Waals surface area contributed by atoms with Crippen LogP contribution in [-0.4, -0.2) is 42.4 Å². The van der Waals surface area contributed by atoms with Gasteiger partial charge < -0.3 is 9.84 Å². The van der Waals surface area contributed by atoms with E-state index in [4.69, 9.17) is 4.74 Å². The number of ether oxygens (including phenoxy) is 1. The third kappa shape index (κ3) is 2.46.